The van der Waals surface area contributed by atoms with Crippen molar-refractivity contribution in [1.29, 1.82) is 0 Å². The first kappa shape index (κ1) is 14.3. The molecule has 3 heterocycles. The fourth-order valence-electron chi connectivity index (χ4n) is 2.76. The van der Waals surface area contributed by atoms with E-state index in [1.165, 1.54) is 24.2 Å². The number of carbonyl (C=O) groups excluding carboxylic acids is 1. The van der Waals surface area contributed by atoms with E-state index in [4.69, 9.17) is 0 Å². The van der Waals surface area contributed by atoms with E-state index in [1.807, 2.05) is 6.92 Å². The number of amides is 1. The maximum atomic E-state index is 12.3. The molecule has 0 atom stereocenters. The number of hydrogen-bond acceptors (Lipinski definition) is 5. The zero-order chi connectivity index (χ0) is 14.8. The Morgan fingerprint density at radius 1 is 1.38 bits per heavy atom. The number of thiophene rings is 1. The molecule has 5 nitrogen and oxygen atoms in total. The van der Waals surface area contributed by atoms with Crippen molar-refractivity contribution in [3.63, 3.8) is 0 Å². The number of aromatic nitrogens is 2. The summed E-state index contributed by atoms with van der Waals surface area (Å²) >= 11 is 1.47. The quantitative estimate of drug-likeness (QED) is 0.943. The van der Waals surface area contributed by atoms with Gasteiger partial charge in [0.05, 0.1) is 10.3 Å². The molecule has 1 N–H and O–H groups in total. The molecule has 6 heteroatoms. The Labute approximate surface area is 128 Å². The molecule has 0 saturated carbocycles. The van der Waals surface area contributed by atoms with Gasteiger partial charge in [-0.2, -0.15) is 0 Å². The maximum Gasteiger partial charge on any atom is 0.261 e. The lowest BCUT2D eigenvalue weighted by atomic mass is 10.2. The van der Waals surface area contributed by atoms with Gasteiger partial charge in [0.2, 0.25) is 0 Å². The van der Waals surface area contributed by atoms with Gasteiger partial charge in [0.15, 0.2) is 0 Å². The molecule has 1 amide bonds. The molecule has 0 aliphatic carbocycles. The Morgan fingerprint density at radius 2 is 2.14 bits per heavy atom. The van der Waals surface area contributed by atoms with Crippen LogP contribution >= 0.6 is 11.3 Å². The minimum absolute atomic E-state index is 0.00437. The summed E-state index contributed by atoms with van der Waals surface area (Å²) in [5, 5.41) is 4.00. The van der Waals surface area contributed by atoms with Crippen molar-refractivity contribution in [3.8, 4) is 0 Å². The number of nitrogens with zero attached hydrogens (tertiary/aromatic N) is 3. The number of aryl methyl sites for hydroxylation is 1. The van der Waals surface area contributed by atoms with Crippen LogP contribution in [0.2, 0.25) is 0 Å². The summed E-state index contributed by atoms with van der Waals surface area (Å²) in [6.45, 7) is 6.84. The van der Waals surface area contributed by atoms with Gasteiger partial charge < -0.3 is 10.2 Å². The van der Waals surface area contributed by atoms with Crippen molar-refractivity contribution in [1.82, 2.24) is 15.3 Å². The molecule has 1 aliphatic rings. The highest BCUT2D eigenvalue weighted by molar-refractivity contribution is 7.20. The molecular weight excluding hydrogens is 284 g/mol. The first-order valence-electron chi connectivity index (χ1n) is 7.49. The first-order valence-corrected chi connectivity index (χ1v) is 8.31. The number of fused-ring (bicyclic) bond motifs is 1. The zero-order valence-electron chi connectivity index (χ0n) is 12.5. The van der Waals surface area contributed by atoms with Crippen LogP contribution in [-0.4, -0.2) is 35.5 Å². The van der Waals surface area contributed by atoms with Crippen LogP contribution < -0.4 is 10.2 Å². The fraction of sp³-hybridized carbons (Fsp3) is 0.533. The van der Waals surface area contributed by atoms with Gasteiger partial charge in [-0.05, 0) is 31.7 Å². The van der Waals surface area contributed by atoms with Crippen LogP contribution in [0.3, 0.4) is 0 Å². The van der Waals surface area contributed by atoms with Crippen LogP contribution in [0.4, 0.5) is 5.82 Å². The van der Waals surface area contributed by atoms with Crippen molar-refractivity contribution >= 4 is 33.3 Å². The molecule has 112 valence electrons. The van der Waals surface area contributed by atoms with E-state index in [9.17, 15) is 4.79 Å². The molecule has 3 rings (SSSR count). The molecule has 0 unspecified atom stereocenters. The van der Waals surface area contributed by atoms with Crippen molar-refractivity contribution in [3.05, 3.63) is 16.8 Å². The van der Waals surface area contributed by atoms with Crippen molar-refractivity contribution < 1.29 is 4.79 Å². The van der Waals surface area contributed by atoms with Gasteiger partial charge in [-0.25, -0.2) is 9.97 Å². The lowest BCUT2D eigenvalue weighted by Crippen LogP contribution is -2.23. The lowest BCUT2D eigenvalue weighted by Gasteiger charge is -2.17. The highest BCUT2D eigenvalue weighted by Gasteiger charge is 2.23. The summed E-state index contributed by atoms with van der Waals surface area (Å²) in [7, 11) is 0. The second kappa shape index (κ2) is 5.97. The Bertz CT molecular complexity index is 661. The molecule has 0 bridgehead atoms. The van der Waals surface area contributed by atoms with E-state index in [0.29, 0.717) is 6.54 Å². The summed E-state index contributed by atoms with van der Waals surface area (Å²) in [5.41, 5.74) is 1.01. The van der Waals surface area contributed by atoms with Gasteiger partial charge in [0, 0.05) is 19.6 Å². The summed E-state index contributed by atoms with van der Waals surface area (Å²) in [5.74, 6) is 0.991. The molecule has 0 radical (unpaired) electrons. The normalized spacial score (nSPS) is 14.9. The standard InChI is InChI=1S/C15H20N4OS/c1-3-6-16-14(20)12-10(2)11-13(19-7-4-5-8-19)17-9-18-15(11)21-12/h9H,3-8H2,1-2H3,(H,16,20). The molecule has 0 spiro atoms. The minimum atomic E-state index is 0.00437. The van der Waals surface area contributed by atoms with Crippen LogP contribution in [0.15, 0.2) is 6.33 Å². The van der Waals surface area contributed by atoms with Crippen molar-refractivity contribution in [2.75, 3.05) is 24.5 Å². The third-order valence-corrected chi connectivity index (χ3v) is 5.05. The van der Waals surface area contributed by atoms with E-state index in [-0.39, 0.29) is 5.91 Å². The number of nitrogens with one attached hydrogen (secondary N) is 1. The third-order valence-electron chi connectivity index (χ3n) is 3.85. The van der Waals surface area contributed by atoms with Crippen molar-refractivity contribution in [2.45, 2.75) is 33.1 Å². The number of carbonyl (C=O) groups is 1. The Morgan fingerprint density at radius 3 is 2.86 bits per heavy atom. The molecule has 0 aromatic carbocycles. The van der Waals surface area contributed by atoms with E-state index < -0.39 is 0 Å². The summed E-state index contributed by atoms with van der Waals surface area (Å²) in [6, 6.07) is 0. The maximum absolute atomic E-state index is 12.3. The van der Waals surface area contributed by atoms with Crippen LogP contribution in [0.1, 0.15) is 41.4 Å². The van der Waals surface area contributed by atoms with Crippen LogP contribution in [0, 0.1) is 6.92 Å². The average molecular weight is 304 g/mol. The van der Waals surface area contributed by atoms with E-state index in [2.05, 4.69) is 27.1 Å². The molecule has 2 aromatic heterocycles. The van der Waals surface area contributed by atoms with Crippen molar-refractivity contribution in [2.24, 2.45) is 0 Å². The van der Waals surface area contributed by atoms with Crippen LogP contribution in [0.25, 0.3) is 10.2 Å². The molecule has 1 aliphatic heterocycles. The summed E-state index contributed by atoms with van der Waals surface area (Å²) < 4.78 is 0. The highest BCUT2D eigenvalue weighted by Crippen LogP contribution is 2.35. The van der Waals surface area contributed by atoms with Gasteiger partial charge >= 0.3 is 0 Å². The SMILES string of the molecule is CCCNC(=O)c1sc2ncnc(N3CCCC3)c2c1C. The zero-order valence-corrected chi connectivity index (χ0v) is 13.3. The van der Waals surface area contributed by atoms with E-state index >= 15 is 0 Å². The first-order chi connectivity index (χ1) is 10.2. The smallest absolute Gasteiger partial charge is 0.261 e. The van der Waals surface area contributed by atoms with Gasteiger partial charge in [-0.15, -0.1) is 11.3 Å². The van der Waals surface area contributed by atoms with Gasteiger partial charge in [0.25, 0.3) is 5.91 Å². The lowest BCUT2D eigenvalue weighted by molar-refractivity contribution is 0.0957. The molecule has 21 heavy (non-hydrogen) atoms. The predicted molar refractivity (Wildman–Crippen MR) is 86.2 cm³/mol. The number of rotatable bonds is 4. The number of hydrogen-bond donors (Lipinski definition) is 1. The second-order valence-corrected chi connectivity index (χ2v) is 6.38. The summed E-state index contributed by atoms with van der Waals surface area (Å²) in [6.07, 6.45) is 4.96. The fourth-order valence-corrected chi connectivity index (χ4v) is 3.82. The monoisotopic (exact) mass is 304 g/mol. The Balaban J connectivity index is 2.03. The summed E-state index contributed by atoms with van der Waals surface area (Å²) in [4.78, 5) is 25.1. The molecule has 2 aromatic rings. The highest BCUT2D eigenvalue weighted by atomic mass is 32.1. The third kappa shape index (κ3) is 2.60. The predicted octanol–water partition coefficient (Wildman–Crippen LogP) is 2.74. The Hall–Kier alpha value is -1.69. The molecule has 1 fully saturated rings. The Kier molecular flexibility index (Phi) is 4.05. The molecule has 1 saturated heterocycles. The minimum Gasteiger partial charge on any atom is -0.356 e. The van der Waals surface area contributed by atoms with Gasteiger partial charge in [-0.3, -0.25) is 4.79 Å². The number of anilines is 1. The largest absolute Gasteiger partial charge is 0.356 e. The van der Waals surface area contributed by atoms with Gasteiger partial charge in [-0.1, -0.05) is 6.92 Å². The average Bonchev–Trinajstić information content (AvgIpc) is 3.13. The second-order valence-electron chi connectivity index (χ2n) is 5.38. The van der Waals surface area contributed by atoms with E-state index in [1.54, 1.807) is 6.33 Å². The van der Waals surface area contributed by atoms with Crippen LogP contribution in [0.5, 0.6) is 0 Å². The van der Waals surface area contributed by atoms with Gasteiger partial charge in [0.1, 0.15) is 17.0 Å². The molecular formula is C15H20N4OS. The van der Waals surface area contributed by atoms with Crippen LogP contribution in [-0.2, 0) is 0 Å². The van der Waals surface area contributed by atoms with E-state index in [0.717, 1.165) is 46.0 Å². The topological polar surface area (TPSA) is 58.1 Å².